The second-order valence-corrected chi connectivity index (χ2v) is 8.08. The summed E-state index contributed by atoms with van der Waals surface area (Å²) in [6.45, 7) is 3.96. The molecule has 0 saturated carbocycles. The summed E-state index contributed by atoms with van der Waals surface area (Å²) in [6.07, 6.45) is 4.50. The SMILES string of the molecule is CCC(=O)N(c1cccc(OC)c1)C(CCc1ccc(Cl)cc1)C1CCNCC1. The van der Waals surface area contributed by atoms with Crippen LogP contribution in [0.5, 0.6) is 5.75 Å². The third kappa shape index (κ3) is 5.74. The van der Waals surface area contributed by atoms with E-state index in [0.29, 0.717) is 12.3 Å². The molecule has 1 amide bonds. The predicted octanol–water partition coefficient (Wildman–Crippen LogP) is 5.09. The van der Waals surface area contributed by atoms with Gasteiger partial charge in [-0.3, -0.25) is 4.79 Å². The molecule has 2 aromatic carbocycles. The van der Waals surface area contributed by atoms with E-state index in [1.54, 1.807) is 7.11 Å². The standard InChI is InChI=1S/C24H31ClN2O2/c1-3-24(28)27(21-5-4-6-22(17-21)29-2)23(19-13-15-26-16-14-19)12-9-18-7-10-20(25)11-8-18/h4-8,10-11,17,19,23,26H,3,9,12-16H2,1-2H3. The highest BCUT2D eigenvalue weighted by Crippen LogP contribution is 2.32. The first-order valence-corrected chi connectivity index (χ1v) is 10.9. The summed E-state index contributed by atoms with van der Waals surface area (Å²) in [7, 11) is 1.66. The number of carbonyl (C=O) groups excluding carboxylic acids is 1. The Kier molecular flexibility index (Phi) is 7.96. The van der Waals surface area contributed by atoms with Crippen molar-refractivity contribution in [3.05, 3.63) is 59.1 Å². The summed E-state index contributed by atoms with van der Waals surface area (Å²) >= 11 is 6.04. The van der Waals surface area contributed by atoms with Crippen LogP contribution in [-0.2, 0) is 11.2 Å². The maximum Gasteiger partial charge on any atom is 0.226 e. The number of rotatable bonds is 8. The molecule has 0 spiro atoms. The van der Waals surface area contributed by atoms with E-state index in [-0.39, 0.29) is 11.9 Å². The fourth-order valence-corrected chi connectivity index (χ4v) is 4.35. The van der Waals surface area contributed by atoms with Gasteiger partial charge in [-0.1, -0.05) is 36.7 Å². The number of anilines is 1. The van der Waals surface area contributed by atoms with Crippen molar-refractivity contribution < 1.29 is 9.53 Å². The van der Waals surface area contributed by atoms with Crippen LogP contribution in [0.15, 0.2) is 48.5 Å². The number of methoxy groups -OCH3 is 1. The Morgan fingerprint density at radius 3 is 2.59 bits per heavy atom. The summed E-state index contributed by atoms with van der Waals surface area (Å²) in [5.41, 5.74) is 2.18. The fraction of sp³-hybridized carbons (Fsp3) is 0.458. The molecule has 1 fully saturated rings. The third-order valence-electron chi connectivity index (χ3n) is 5.80. The van der Waals surface area contributed by atoms with Gasteiger partial charge in [-0.25, -0.2) is 0 Å². The number of halogens is 1. The number of piperidine rings is 1. The van der Waals surface area contributed by atoms with Crippen LogP contribution < -0.4 is 15.0 Å². The van der Waals surface area contributed by atoms with Gasteiger partial charge in [0.15, 0.2) is 0 Å². The zero-order valence-electron chi connectivity index (χ0n) is 17.4. The van der Waals surface area contributed by atoms with E-state index in [2.05, 4.69) is 17.4 Å². The van der Waals surface area contributed by atoms with Crippen LogP contribution in [0.1, 0.15) is 38.2 Å². The molecule has 1 unspecified atom stereocenters. The molecule has 29 heavy (non-hydrogen) atoms. The first-order chi connectivity index (χ1) is 14.1. The predicted molar refractivity (Wildman–Crippen MR) is 120 cm³/mol. The zero-order chi connectivity index (χ0) is 20.6. The smallest absolute Gasteiger partial charge is 0.226 e. The number of carbonyl (C=O) groups is 1. The topological polar surface area (TPSA) is 41.6 Å². The van der Waals surface area contributed by atoms with E-state index in [1.165, 1.54) is 5.56 Å². The lowest BCUT2D eigenvalue weighted by Gasteiger charge is -2.39. The second kappa shape index (κ2) is 10.7. The van der Waals surface area contributed by atoms with Crippen LogP contribution in [0, 0.1) is 5.92 Å². The van der Waals surface area contributed by atoms with Gasteiger partial charge in [0.1, 0.15) is 5.75 Å². The molecule has 2 aromatic rings. The van der Waals surface area contributed by atoms with Crippen molar-refractivity contribution in [3.8, 4) is 5.75 Å². The Morgan fingerprint density at radius 2 is 1.93 bits per heavy atom. The Morgan fingerprint density at radius 1 is 1.21 bits per heavy atom. The Hall–Kier alpha value is -2.04. The van der Waals surface area contributed by atoms with Gasteiger partial charge in [-0.05, 0) is 74.5 Å². The van der Waals surface area contributed by atoms with E-state index in [4.69, 9.17) is 16.3 Å². The number of nitrogens with zero attached hydrogens (tertiary/aromatic N) is 1. The van der Waals surface area contributed by atoms with Gasteiger partial charge in [0.05, 0.1) is 7.11 Å². The average Bonchev–Trinajstić information content (AvgIpc) is 2.78. The molecule has 1 atom stereocenters. The summed E-state index contributed by atoms with van der Waals surface area (Å²) < 4.78 is 5.42. The second-order valence-electron chi connectivity index (χ2n) is 7.64. The first-order valence-electron chi connectivity index (χ1n) is 10.5. The van der Waals surface area contributed by atoms with Gasteiger partial charge in [-0.2, -0.15) is 0 Å². The van der Waals surface area contributed by atoms with Gasteiger partial charge in [-0.15, -0.1) is 0 Å². The van der Waals surface area contributed by atoms with Crippen LogP contribution in [0.2, 0.25) is 5.02 Å². The van der Waals surface area contributed by atoms with Crippen LogP contribution in [0.25, 0.3) is 0 Å². The fourth-order valence-electron chi connectivity index (χ4n) is 4.22. The molecule has 1 heterocycles. The number of hydrogen-bond donors (Lipinski definition) is 1. The average molecular weight is 415 g/mol. The van der Waals surface area contributed by atoms with E-state index in [0.717, 1.165) is 55.2 Å². The van der Waals surface area contributed by atoms with E-state index >= 15 is 0 Å². The van der Waals surface area contributed by atoms with E-state index in [9.17, 15) is 4.79 Å². The molecule has 0 bridgehead atoms. The Bertz CT molecular complexity index is 788. The lowest BCUT2D eigenvalue weighted by atomic mass is 9.85. The quantitative estimate of drug-likeness (QED) is 0.653. The summed E-state index contributed by atoms with van der Waals surface area (Å²) in [6, 6.07) is 16.1. The molecular weight excluding hydrogens is 384 g/mol. The summed E-state index contributed by atoms with van der Waals surface area (Å²) in [5.74, 6) is 1.42. The third-order valence-corrected chi connectivity index (χ3v) is 6.06. The lowest BCUT2D eigenvalue weighted by molar-refractivity contribution is -0.119. The number of aryl methyl sites for hydroxylation is 1. The van der Waals surface area contributed by atoms with Crippen molar-refractivity contribution >= 4 is 23.2 Å². The Balaban J connectivity index is 1.90. The minimum Gasteiger partial charge on any atom is -0.497 e. The highest BCUT2D eigenvalue weighted by Gasteiger charge is 2.32. The van der Waals surface area contributed by atoms with Gasteiger partial charge in [0.25, 0.3) is 0 Å². The monoisotopic (exact) mass is 414 g/mol. The highest BCUT2D eigenvalue weighted by atomic mass is 35.5. The zero-order valence-corrected chi connectivity index (χ0v) is 18.1. The van der Waals surface area contributed by atoms with Crippen LogP contribution in [-0.4, -0.2) is 32.1 Å². The summed E-state index contributed by atoms with van der Waals surface area (Å²) in [4.78, 5) is 15.1. The van der Waals surface area contributed by atoms with Crippen molar-refractivity contribution in [3.63, 3.8) is 0 Å². The largest absolute Gasteiger partial charge is 0.497 e. The molecule has 3 rings (SSSR count). The van der Waals surface area contributed by atoms with Crippen molar-refractivity contribution in [2.75, 3.05) is 25.1 Å². The van der Waals surface area contributed by atoms with Gasteiger partial charge >= 0.3 is 0 Å². The van der Waals surface area contributed by atoms with Crippen molar-refractivity contribution in [2.45, 2.75) is 45.1 Å². The molecule has 5 heteroatoms. The molecule has 0 aromatic heterocycles. The molecule has 1 saturated heterocycles. The van der Waals surface area contributed by atoms with Gasteiger partial charge < -0.3 is 15.0 Å². The minimum absolute atomic E-state index is 0.160. The Labute approximate surface area is 179 Å². The molecule has 1 aliphatic heterocycles. The van der Waals surface area contributed by atoms with Crippen LogP contribution in [0.4, 0.5) is 5.69 Å². The number of amides is 1. The molecule has 0 aliphatic carbocycles. The number of nitrogens with one attached hydrogen (secondary N) is 1. The maximum absolute atomic E-state index is 13.1. The summed E-state index contributed by atoms with van der Waals surface area (Å²) in [5, 5.41) is 4.20. The normalized spacial score (nSPS) is 15.7. The maximum atomic E-state index is 13.1. The number of hydrogen-bond acceptors (Lipinski definition) is 3. The van der Waals surface area contributed by atoms with Gasteiger partial charge in [0.2, 0.25) is 5.91 Å². The lowest BCUT2D eigenvalue weighted by Crippen LogP contribution is -2.48. The van der Waals surface area contributed by atoms with Crippen molar-refractivity contribution in [2.24, 2.45) is 5.92 Å². The van der Waals surface area contributed by atoms with Crippen LogP contribution >= 0.6 is 11.6 Å². The molecule has 1 aliphatic rings. The van der Waals surface area contributed by atoms with Crippen molar-refractivity contribution in [1.82, 2.24) is 5.32 Å². The van der Waals surface area contributed by atoms with Crippen LogP contribution in [0.3, 0.4) is 0 Å². The van der Waals surface area contributed by atoms with Gasteiger partial charge in [0, 0.05) is 29.2 Å². The molecule has 1 N–H and O–H groups in total. The molecule has 156 valence electrons. The molecular formula is C24H31ClN2O2. The van der Waals surface area contributed by atoms with E-state index in [1.807, 2.05) is 48.2 Å². The van der Waals surface area contributed by atoms with Crippen molar-refractivity contribution in [1.29, 1.82) is 0 Å². The first kappa shape index (κ1) is 21.7. The molecule has 4 nitrogen and oxygen atoms in total. The highest BCUT2D eigenvalue weighted by molar-refractivity contribution is 6.30. The minimum atomic E-state index is 0.160. The number of ether oxygens (including phenoxy) is 1. The van der Waals surface area contributed by atoms with E-state index < -0.39 is 0 Å². The number of benzene rings is 2. The molecule has 0 radical (unpaired) electrons.